The van der Waals surface area contributed by atoms with Crippen molar-refractivity contribution < 1.29 is 24.5 Å². The van der Waals surface area contributed by atoms with Gasteiger partial charge < -0.3 is 14.9 Å². The van der Waals surface area contributed by atoms with Crippen molar-refractivity contribution in [1.82, 2.24) is 0 Å². The average molecular weight is 239 g/mol. The van der Waals surface area contributed by atoms with Crippen LogP contribution in [0.2, 0.25) is 0 Å². The summed E-state index contributed by atoms with van der Waals surface area (Å²) >= 11 is 0. The molecule has 0 amide bonds. The summed E-state index contributed by atoms with van der Waals surface area (Å²) in [5.41, 5.74) is 0.350. The standard InChI is InChI=1S/C6H10O3.C3H4O2.ClH/c1-5(2)6(8)9-4-3-7;1-2-3(4)5;/h7H,1,3-4H2,2H3;2H,1H2,(H,4,5);1H. The van der Waals surface area contributed by atoms with Crippen LogP contribution in [0.1, 0.15) is 6.92 Å². The fourth-order valence-electron chi connectivity index (χ4n) is 0.262. The van der Waals surface area contributed by atoms with Gasteiger partial charge in [0.2, 0.25) is 0 Å². The van der Waals surface area contributed by atoms with Crippen LogP contribution in [0.25, 0.3) is 0 Å². The Morgan fingerprint density at radius 2 is 1.87 bits per heavy atom. The van der Waals surface area contributed by atoms with E-state index in [1.54, 1.807) is 6.92 Å². The maximum atomic E-state index is 10.5. The van der Waals surface area contributed by atoms with Gasteiger partial charge in [0, 0.05) is 11.6 Å². The van der Waals surface area contributed by atoms with Crippen molar-refractivity contribution in [2.75, 3.05) is 13.2 Å². The van der Waals surface area contributed by atoms with Crippen molar-refractivity contribution in [3.05, 3.63) is 24.8 Å². The molecule has 5 nitrogen and oxygen atoms in total. The maximum Gasteiger partial charge on any atom is 0.333 e. The Balaban J connectivity index is -0.000000208. The molecule has 15 heavy (non-hydrogen) atoms. The molecule has 2 N–H and O–H groups in total. The van der Waals surface area contributed by atoms with Crippen LogP contribution in [0.4, 0.5) is 0 Å². The summed E-state index contributed by atoms with van der Waals surface area (Å²) in [5.74, 6) is -1.44. The molecular formula is C9H15ClO5. The number of aliphatic carboxylic acids is 1. The van der Waals surface area contributed by atoms with E-state index in [-0.39, 0.29) is 25.6 Å². The van der Waals surface area contributed by atoms with Crippen molar-refractivity contribution >= 4 is 24.3 Å². The Hall–Kier alpha value is -1.33. The highest BCUT2D eigenvalue weighted by molar-refractivity contribution is 5.86. The number of hydrogen-bond donors (Lipinski definition) is 2. The molecule has 0 heterocycles. The first-order chi connectivity index (χ1) is 6.45. The molecular weight excluding hydrogens is 224 g/mol. The van der Waals surface area contributed by atoms with Gasteiger partial charge in [0.1, 0.15) is 6.61 Å². The third-order valence-electron chi connectivity index (χ3n) is 0.848. The number of rotatable bonds is 4. The lowest BCUT2D eigenvalue weighted by Gasteiger charge is -1.99. The second kappa shape index (κ2) is 12.7. The fourth-order valence-corrected chi connectivity index (χ4v) is 0.262. The smallest absolute Gasteiger partial charge is 0.333 e. The van der Waals surface area contributed by atoms with Crippen molar-refractivity contribution in [2.45, 2.75) is 6.92 Å². The number of hydrogen-bond acceptors (Lipinski definition) is 4. The summed E-state index contributed by atoms with van der Waals surface area (Å²) in [6.07, 6.45) is 0.833. The first-order valence-corrected chi connectivity index (χ1v) is 3.74. The van der Waals surface area contributed by atoms with Crippen molar-refractivity contribution in [3.8, 4) is 0 Å². The number of ether oxygens (including phenoxy) is 1. The van der Waals surface area contributed by atoms with Crippen molar-refractivity contribution in [1.29, 1.82) is 0 Å². The van der Waals surface area contributed by atoms with E-state index in [0.717, 1.165) is 6.08 Å². The van der Waals surface area contributed by atoms with Crippen LogP contribution >= 0.6 is 12.4 Å². The molecule has 0 aromatic rings. The summed E-state index contributed by atoms with van der Waals surface area (Å²) in [6, 6.07) is 0. The Morgan fingerprint density at radius 3 is 2.07 bits per heavy atom. The Morgan fingerprint density at radius 1 is 1.47 bits per heavy atom. The topological polar surface area (TPSA) is 83.8 Å². The number of carbonyl (C=O) groups is 2. The van der Waals surface area contributed by atoms with E-state index >= 15 is 0 Å². The number of carbonyl (C=O) groups excluding carboxylic acids is 1. The maximum absolute atomic E-state index is 10.5. The zero-order valence-electron chi connectivity index (χ0n) is 8.43. The first-order valence-electron chi connectivity index (χ1n) is 3.74. The Bertz CT molecular complexity index is 225. The van der Waals surface area contributed by atoms with E-state index in [0.29, 0.717) is 5.57 Å². The van der Waals surface area contributed by atoms with Gasteiger partial charge in [-0.1, -0.05) is 13.2 Å². The summed E-state index contributed by atoms with van der Waals surface area (Å²) in [6.45, 7) is 7.78. The molecule has 88 valence electrons. The molecule has 0 spiro atoms. The molecule has 0 aliphatic heterocycles. The SMILES string of the molecule is C=C(C)C(=O)OCCO.C=CC(=O)O.Cl. The number of esters is 1. The molecule has 0 radical (unpaired) electrons. The second-order valence-corrected chi connectivity index (χ2v) is 2.18. The molecule has 6 heteroatoms. The molecule has 0 fully saturated rings. The van der Waals surface area contributed by atoms with Crippen LogP contribution in [-0.4, -0.2) is 35.4 Å². The third-order valence-corrected chi connectivity index (χ3v) is 0.848. The zero-order valence-corrected chi connectivity index (χ0v) is 9.25. The molecule has 0 aliphatic carbocycles. The first kappa shape index (κ1) is 19.3. The number of carboxylic acids is 1. The van der Waals surface area contributed by atoms with E-state index in [2.05, 4.69) is 17.9 Å². The van der Waals surface area contributed by atoms with E-state index in [9.17, 15) is 9.59 Å². The molecule has 0 saturated heterocycles. The molecule has 0 atom stereocenters. The van der Waals surface area contributed by atoms with Gasteiger partial charge in [0.05, 0.1) is 6.61 Å². The summed E-state index contributed by atoms with van der Waals surface area (Å²) < 4.78 is 4.46. The van der Waals surface area contributed by atoms with Crippen molar-refractivity contribution in [3.63, 3.8) is 0 Å². The van der Waals surface area contributed by atoms with Crippen LogP contribution in [-0.2, 0) is 14.3 Å². The minimum atomic E-state index is -0.981. The summed E-state index contributed by atoms with van der Waals surface area (Å²) in [4.78, 5) is 19.7. The summed E-state index contributed by atoms with van der Waals surface area (Å²) in [5, 5.41) is 15.8. The van der Waals surface area contributed by atoms with Gasteiger partial charge in [-0.3, -0.25) is 0 Å². The van der Waals surface area contributed by atoms with Crippen molar-refractivity contribution in [2.24, 2.45) is 0 Å². The lowest BCUT2D eigenvalue weighted by Crippen LogP contribution is -2.08. The molecule has 0 aliphatic rings. The van der Waals surface area contributed by atoms with Gasteiger partial charge in [-0.05, 0) is 6.92 Å². The van der Waals surface area contributed by atoms with Gasteiger partial charge in [0.25, 0.3) is 0 Å². The lowest BCUT2D eigenvalue weighted by molar-refractivity contribution is -0.139. The highest BCUT2D eigenvalue weighted by Crippen LogP contribution is 1.89. The van der Waals surface area contributed by atoms with Crippen LogP contribution in [0.3, 0.4) is 0 Å². The Kier molecular flexibility index (Phi) is 16.3. The Labute approximate surface area is 94.5 Å². The van der Waals surface area contributed by atoms with Crippen LogP contribution in [0.15, 0.2) is 24.8 Å². The van der Waals surface area contributed by atoms with Gasteiger partial charge in [-0.25, -0.2) is 9.59 Å². The average Bonchev–Trinajstić information content (AvgIpc) is 2.14. The van der Waals surface area contributed by atoms with Crippen LogP contribution < -0.4 is 0 Å². The minimum Gasteiger partial charge on any atom is -0.478 e. The number of aliphatic hydroxyl groups is 1. The van der Waals surface area contributed by atoms with E-state index in [1.165, 1.54) is 0 Å². The number of aliphatic hydroxyl groups excluding tert-OH is 1. The third kappa shape index (κ3) is 19.2. The van der Waals surface area contributed by atoms with Gasteiger partial charge in [-0.2, -0.15) is 0 Å². The van der Waals surface area contributed by atoms with Gasteiger partial charge in [0.15, 0.2) is 0 Å². The molecule has 0 unspecified atom stereocenters. The second-order valence-electron chi connectivity index (χ2n) is 2.18. The molecule has 0 bridgehead atoms. The zero-order chi connectivity index (χ0) is 11.6. The molecule has 0 rings (SSSR count). The predicted molar refractivity (Wildman–Crippen MR) is 57.9 cm³/mol. The van der Waals surface area contributed by atoms with Gasteiger partial charge >= 0.3 is 11.9 Å². The molecule has 0 aromatic carbocycles. The monoisotopic (exact) mass is 238 g/mol. The van der Waals surface area contributed by atoms with E-state index in [1.807, 2.05) is 0 Å². The van der Waals surface area contributed by atoms with Crippen LogP contribution in [0, 0.1) is 0 Å². The largest absolute Gasteiger partial charge is 0.478 e. The fraction of sp³-hybridized carbons (Fsp3) is 0.333. The predicted octanol–water partition coefficient (Wildman–Crippen LogP) is 0.777. The van der Waals surface area contributed by atoms with Gasteiger partial charge in [-0.15, -0.1) is 12.4 Å². The highest BCUT2D eigenvalue weighted by atomic mass is 35.5. The number of carboxylic acid groups (broad SMARTS) is 1. The summed E-state index contributed by atoms with van der Waals surface area (Å²) in [7, 11) is 0. The number of halogens is 1. The van der Waals surface area contributed by atoms with E-state index in [4.69, 9.17) is 10.2 Å². The van der Waals surface area contributed by atoms with E-state index < -0.39 is 11.9 Å². The highest BCUT2D eigenvalue weighted by Gasteiger charge is 1.99. The molecule has 0 saturated carbocycles. The quantitative estimate of drug-likeness (QED) is 0.559. The normalized spacial score (nSPS) is 7.33. The minimum absolute atomic E-state index is 0. The lowest BCUT2D eigenvalue weighted by atomic mass is 10.4. The van der Waals surface area contributed by atoms with Crippen LogP contribution in [0.5, 0.6) is 0 Å². The molecule has 0 aromatic heterocycles.